The lowest BCUT2D eigenvalue weighted by molar-refractivity contribution is -0.384. The number of anilines is 1. The highest BCUT2D eigenvalue weighted by molar-refractivity contribution is 5.82. The maximum atomic E-state index is 12.9. The van der Waals surface area contributed by atoms with Gasteiger partial charge in [-0.25, -0.2) is 0 Å². The number of nitrogens with one attached hydrogen (secondary N) is 1. The third-order valence-electron chi connectivity index (χ3n) is 6.54. The first-order chi connectivity index (χ1) is 13.6. The molecule has 0 unspecified atom stereocenters. The van der Waals surface area contributed by atoms with Crippen molar-refractivity contribution in [3.8, 4) is 0 Å². The molecule has 1 aromatic carbocycles. The molecule has 2 fully saturated rings. The zero-order chi connectivity index (χ0) is 19.7. The highest BCUT2D eigenvalue weighted by Gasteiger charge is 2.43. The van der Waals surface area contributed by atoms with Crippen LogP contribution in [0.15, 0.2) is 30.9 Å². The van der Waals surface area contributed by atoms with Crippen molar-refractivity contribution in [3.63, 3.8) is 0 Å². The summed E-state index contributed by atoms with van der Waals surface area (Å²) in [5.74, 6) is -0.195. The number of non-ortho nitro benzene ring substituents is 1. The van der Waals surface area contributed by atoms with Gasteiger partial charge in [0.2, 0.25) is 5.91 Å². The standard InChI is InChI=1S/C21H28N4O3/c1-2-9-22-21(26)18-13-15-12-17(25(27)28)7-8-19(15)24-11-10-23(14-20(18)24)16-5-3-4-6-16/h2,7-8,12,16,18,20H,1,3-6,9-11,13-14H2,(H,22,26)/t18-,20+/m0/s1. The van der Waals surface area contributed by atoms with E-state index in [9.17, 15) is 14.9 Å². The summed E-state index contributed by atoms with van der Waals surface area (Å²) >= 11 is 0. The Labute approximate surface area is 165 Å². The molecule has 1 amide bonds. The molecule has 2 aliphatic heterocycles. The average molecular weight is 384 g/mol. The molecule has 1 saturated carbocycles. The number of nitrogens with zero attached hydrogens (tertiary/aromatic N) is 3. The number of piperazine rings is 1. The molecule has 0 aromatic heterocycles. The molecule has 28 heavy (non-hydrogen) atoms. The quantitative estimate of drug-likeness (QED) is 0.479. The van der Waals surface area contributed by atoms with Gasteiger partial charge in [0.05, 0.1) is 16.9 Å². The second kappa shape index (κ2) is 7.91. The van der Waals surface area contributed by atoms with Gasteiger partial charge in [0, 0.05) is 50.0 Å². The van der Waals surface area contributed by atoms with E-state index in [4.69, 9.17) is 0 Å². The molecule has 2 atom stereocenters. The molecule has 2 heterocycles. The lowest BCUT2D eigenvalue weighted by Crippen LogP contribution is -2.62. The van der Waals surface area contributed by atoms with Crippen molar-refractivity contribution < 1.29 is 9.72 Å². The van der Waals surface area contributed by atoms with E-state index in [1.54, 1.807) is 18.2 Å². The van der Waals surface area contributed by atoms with Crippen LogP contribution in [0.3, 0.4) is 0 Å². The van der Waals surface area contributed by atoms with Crippen LogP contribution in [0, 0.1) is 16.0 Å². The SMILES string of the molecule is C=CCNC(=O)[C@H]1Cc2cc([N+](=O)[O-])ccc2N2CCN(C3CCCC3)C[C@H]12. The van der Waals surface area contributed by atoms with Crippen molar-refractivity contribution in [2.75, 3.05) is 31.1 Å². The lowest BCUT2D eigenvalue weighted by atomic mass is 9.83. The predicted molar refractivity (Wildman–Crippen MR) is 108 cm³/mol. The summed E-state index contributed by atoms with van der Waals surface area (Å²) in [4.78, 5) is 28.7. The van der Waals surface area contributed by atoms with Crippen LogP contribution in [0.1, 0.15) is 31.2 Å². The molecule has 3 aliphatic rings. The predicted octanol–water partition coefficient (Wildman–Crippen LogP) is 2.50. The minimum absolute atomic E-state index is 0.0142. The topological polar surface area (TPSA) is 78.7 Å². The zero-order valence-corrected chi connectivity index (χ0v) is 16.2. The van der Waals surface area contributed by atoms with Crippen LogP contribution in [-0.2, 0) is 11.2 Å². The van der Waals surface area contributed by atoms with Gasteiger partial charge in [-0.05, 0) is 30.9 Å². The third-order valence-corrected chi connectivity index (χ3v) is 6.54. The Morgan fingerprint density at radius 2 is 2.11 bits per heavy atom. The van der Waals surface area contributed by atoms with Crippen LogP contribution in [0.2, 0.25) is 0 Å². The smallest absolute Gasteiger partial charge is 0.269 e. The summed E-state index contributed by atoms with van der Waals surface area (Å²) < 4.78 is 0. The van der Waals surface area contributed by atoms with Crippen molar-refractivity contribution in [1.82, 2.24) is 10.2 Å². The molecule has 1 N–H and O–H groups in total. The fourth-order valence-corrected chi connectivity index (χ4v) is 5.15. The summed E-state index contributed by atoms with van der Waals surface area (Å²) in [6.07, 6.45) is 7.32. The van der Waals surface area contributed by atoms with Gasteiger partial charge in [-0.15, -0.1) is 6.58 Å². The van der Waals surface area contributed by atoms with E-state index in [1.165, 1.54) is 25.7 Å². The Balaban J connectivity index is 1.63. The second-order valence-corrected chi connectivity index (χ2v) is 8.11. The van der Waals surface area contributed by atoms with Gasteiger partial charge in [-0.1, -0.05) is 18.9 Å². The maximum Gasteiger partial charge on any atom is 0.269 e. The first kappa shape index (κ1) is 18.9. The number of carbonyl (C=O) groups is 1. The Kier molecular flexibility index (Phi) is 5.35. The van der Waals surface area contributed by atoms with Crippen LogP contribution >= 0.6 is 0 Å². The number of hydrogen-bond donors (Lipinski definition) is 1. The molecule has 1 aromatic rings. The Hall–Kier alpha value is -2.41. The van der Waals surface area contributed by atoms with Gasteiger partial charge in [-0.3, -0.25) is 19.8 Å². The first-order valence-electron chi connectivity index (χ1n) is 10.2. The van der Waals surface area contributed by atoms with Crippen LogP contribution < -0.4 is 10.2 Å². The number of benzene rings is 1. The van der Waals surface area contributed by atoms with Crippen molar-refractivity contribution in [2.24, 2.45) is 5.92 Å². The number of nitro benzene ring substituents is 1. The highest BCUT2D eigenvalue weighted by Crippen LogP contribution is 2.39. The molecular formula is C21H28N4O3. The number of hydrogen-bond acceptors (Lipinski definition) is 5. The summed E-state index contributed by atoms with van der Waals surface area (Å²) in [6.45, 7) is 6.85. The number of rotatable bonds is 5. The van der Waals surface area contributed by atoms with Crippen LogP contribution in [0.4, 0.5) is 11.4 Å². The minimum atomic E-state index is -0.364. The van der Waals surface area contributed by atoms with Gasteiger partial charge in [-0.2, -0.15) is 0 Å². The van der Waals surface area contributed by atoms with E-state index in [1.807, 2.05) is 6.07 Å². The number of amides is 1. The molecule has 7 heteroatoms. The van der Waals surface area contributed by atoms with Crippen molar-refractivity contribution in [1.29, 1.82) is 0 Å². The van der Waals surface area contributed by atoms with E-state index in [0.717, 1.165) is 30.9 Å². The summed E-state index contributed by atoms with van der Waals surface area (Å²) in [6, 6.07) is 5.83. The normalized spacial score (nSPS) is 25.1. The van der Waals surface area contributed by atoms with Gasteiger partial charge in [0.1, 0.15) is 0 Å². The van der Waals surface area contributed by atoms with E-state index in [2.05, 4.69) is 21.7 Å². The van der Waals surface area contributed by atoms with E-state index in [-0.39, 0.29) is 28.5 Å². The van der Waals surface area contributed by atoms with Crippen molar-refractivity contribution in [2.45, 2.75) is 44.2 Å². The van der Waals surface area contributed by atoms with Crippen LogP contribution in [0.25, 0.3) is 0 Å². The lowest BCUT2D eigenvalue weighted by Gasteiger charge is -2.50. The van der Waals surface area contributed by atoms with Gasteiger partial charge >= 0.3 is 0 Å². The highest BCUT2D eigenvalue weighted by atomic mass is 16.6. The molecule has 7 nitrogen and oxygen atoms in total. The number of fused-ring (bicyclic) bond motifs is 3. The van der Waals surface area contributed by atoms with Crippen LogP contribution in [-0.4, -0.2) is 54.0 Å². The fraction of sp³-hybridized carbons (Fsp3) is 0.571. The largest absolute Gasteiger partial charge is 0.365 e. The molecule has 1 aliphatic carbocycles. The van der Waals surface area contributed by atoms with Crippen LogP contribution in [0.5, 0.6) is 0 Å². The maximum absolute atomic E-state index is 12.9. The van der Waals surface area contributed by atoms with Gasteiger partial charge in [0.25, 0.3) is 5.69 Å². The Morgan fingerprint density at radius 3 is 2.82 bits per heavy atom. The van der Waals surface area contributed by atoms with E-state index in [0.29, 0.717) is 19.0 Å². The molecule has 0 radical (unpaired) electrons. The molecule has 0 spiro atoms. The number of carbonyl (C=O) groups excluding carboxylic acids is 1. The molecule has 1 saturated heterocycles. The summed E-state index contributed by atoms with van der Waals surface area (Å²) in [5, 5.41) is 14.2. The van der Waals surface area contributed by atoms with Crippen molar-refractivity contribution in [3.05, 3.63) is 46.5 Å². The second-order valence-electron chi connectivity index (χ2n) is 8.11. The molecule has 4 rings (SSSR count). The third kappa shape index (κ3) is 3.51. The number of nitro groups is 1. The van der Waals surface area contributed by atoms with E-state index >= 15 is 0 Å². The molecule has 0 bridgehead atoms. The summed E-state index contributed by atoms with van der Waals surface area (Å²) in [5.41, 5.74) is 2.04. The van der Waals surface area contributed by atoms with Gasteiger partial charge < -0.3 is 10.2 Å². The molecular weight excluding hydrogens is 356 g/mol. The fourth-order valence-electron chi connectivity index (χ4n) is 5.15. The van der Waals surface area contributed by atoms with E-state index < -0.39 is 0 Å². The van der Waals surface area contributed by atoms with Gasteiger partial charge in [0.15, 0.2) is 0 Å². The minimum Gasteiger partial charge on any atom is -0.365 e. The average Bonchev–Trinajstić information content (AvgIpc) is 3.25. The summed E-state index contributed by atoms with van der Waals surface area (Å²) in [7, 11) is 0. The Bertz CT molecular complexity index is 775. The monoisotopic (exact) mass is 384 g/mol. The zero-order valence-electron chi connectivity index (χ0n) is 16.2. The molecule has 150 valence electrons. The van der Waals surface area contributed by atoms with Crippen molar-refractivity contribution >= 4 is 17.3 Å². The Morgan fingerprint density at radius 1 is 1.32 bits per heavy atom. The first-order valence-corrected chi connectivity index (χ1v) is 10.2.